The molecule has 1 heterocycles. The SMILES string of the molecule is O=C(NC1CCN(C(=O)CC(F)(F)F)CC1)c1ccccc1. The van der Waals surface area contributed by atoms with Gasteiger partial charge in [-0.25, -0.2) is 0 Å². The normalized spacial score (nSPS) is 16.4. The van der Waals surface area contributed by atoms with E-state index in [-0.39, 0.29) is 25.0 Å². The number of likely N-dealkylation sites (tertiary alicyclic amines) is 1. The van der Waals surface area contributed by atoms with Crippen molar-refractivity contribution in [3.8, 4) is 0 Å². The molecular weight excluding hydrogens is 297 g/mol. The summed E-state index contributed by atoms with van der Waals surface area (Å²) < 4.78 is 36.6. The summed E-state index contributed by atoms with van der Waals surface area (Å²) in [5, 5.41) is 2.84. The summed E-state index contributed by atoms with van der Waals surface area (Å²) in [6.07, 6.45) is -4.98. The van der Waals surface area contributed by atoms with Gasteiger partial charge >= 0.3 is 6.18 Å². The van der Waals surface area contributed by atoms with Crippen LogP contribution in [0.2, 0.25) is 0 Å². The molecule has 0 aliphatic carbocycles. The Morgan fingerprint density at radius 2 is 1.73 bits per heavy atom. The summed E-state index contributed by atoms with van der Waals surface area (Å²) in [6.45, 7) is 0.462. The van der Waals surface area contributed by atoms with Crippen LogP contribution in [0, 0.1) is 0 Å². The molecule has 0 atom stereocenters. The number of nitrogens with zero attached hydrogens (tertiary/aromatic N) is 1. The van der Waals surface area contributed by atoms with Crippen LogP contribution in [-0.2, 0) is 4.79 Å². The molecule has 0 radical (unpaired) electrons. The van der Waals surface area contributed by atoms with E-state index in [1.807, 2.05) is 6.07 Å². The molecule has 0 saturated carbocycles. The number of hydrogen-bond donors (Lipinski definition) is 1. The second-order valence-corrected chi connectivity index (χ2v) is 5.29. The van der Waals surface area contributed by atoms with Crippen LogP contribution in [0.25, 0.3) is 0 Å². The Bertz CT molecular complexity index is 523. The largest absolute Gasteiger partial charge is 0.397 e. The minimum absolute atomic E-state index is 0.123. The van der Waals surface area contributed by atoms with E-state index in [2.05, 4.69) is 5.32 Å². The average molecular weight is 314 g/mol. The highest BCUT2D eigenvalue weighted by Crippen LogP contribution is 2.22. The minimum atomic E-state index is -4.48. The molecule has 2 amide bonds. The first-order valence-electron chi connectivity index (χ1n) is 7.05. The van der Waals surface area contributed by atoms with Crippen LogP contribution >= 0.6 is 0 Å². The van der Waals surface area contributed by atoms with Gasteiger partial charge in [0.1, 0.15) is 6.42 Å². The van der Waals surface area contributed by atoms with Gasteiger partial charge in [-0.05, 0) is 25.0 Å². The highest BCUT2D eigenvalue weighted by molar-refractivity contribution is 5.94. The Morgan fingerprint density at radius 3 is 2.27 bits per heavy atom. The molecule has 0 aromatic heterocycles. The van der Waals surface area contributed by atoms with E-state index in [0.29, 0.717) is 18.4 Å². The molecule has 1 N–H and O–H groups in total. The number of halogens is 3. The quantitative estimate of drug-likeness (QED) is 0.931. The van der Waals surface area contributed by atoms with Crippen LogP contribution < -0.4 is 5.32 Å². The lowest BCUT2D eigenvalue weighted by Crippen LogP contribution is -2.47. The number of piperidine rings is 1. The van der Waals surface area contributed by atoms with Gasteiger partial charge in [0.15, 0.2) is 0 Å². The summed E-state index contributed by atoms with van der Waals surface area (Å²) >= 11 is 0. The number of carbonyl (C=O) groups is 2. The lowest BCUT2D eigenvalue weighted by molar-refractivity contribution is -0.162. The zero-order valence-electron chi connectivity index (χ0n) is 11.9. The number of nitrogens with one attached hydrogen (secondary N) is 1. The molecule has 2 rings (SSSR count). The van der Waals surface area contributed by atoms with E-state index in [1.165, 1.54) is 4.90 Å². The van der Waals surface area contributed by atoms with Gasteiger partial charge in [0, 0.05) is 24.7 Å². The topological polar surface area (TPSA) is 49.4 Å². The highest BCUT2D eigenvalue weighted by atomic mass is 19.4. The van der Waals surface area contributed by atoms with Crippen molar-refractivity contribution in [2.24, 2.45) is 0 Å². The molecule has 1 aliphatic rings. The zero-order chi connectivity index (χ0) is 16.2. The molecule has 120 valence electrons. The van der Waals surface area contributed by atoms with Gasteiger partial charge in [0.25, 0.3) is 5.91 Å². The summed E-state index contributed by atoms with van der Waals surface area (Å²) in [4.78, 5) is 24.7. The molecule has 0 unspecified atom stereocenters. The Balaban J connectivity index is 1.80. The van der Waals surface area contributed by atoms with E-state index in [1.54, 1.807) is 24.3 Å². The van der Waals surface area contributed by atoms with E-state index in [4.69, 9.17) is 0 Å². The number of benzene rings is 1. The first-order valence-corrected chi connectivity index (χ1v) is 7.05. The van der Waals surface area contributed by atoms with Crippen LogP contribution in [0.3, 0.4) is 0 Å². The maximum absolute atomic E-state index is 12.2. The zero-order valence-corrected chi connectivity index (χ0v) is 11.9. The molecule has 4 nitrogen and oxygen atoms in total. The Hall–Kier alpha value is -2.05. The predicted molar refractivity (Wildman–Crippen MR) is 74.2 cm³/mol. The van der Waals surface area contributed by atoms with E-state index in [9.17, 15) is 22.8 Å². The summed E-state index contributed by atoms with van der Waals surface area (Å²) in [5.41, 5.74) is 0.540. The Morgan fingerprint density at radius 1 is 1.14 bits per heavy atom. The van der Waals surface area contributed by atoms with Crippen molar-refractivity contribution in [3.63, 3.8) is 0 Å². The minimum Gasteiger partial charge on any atom is -0.349 e. The lowest BCUT2D eigenvalue weighted by Gasteiger charge is -2.32. The molecular formula is C15H17F3N2O2. The summed E-state index contributed by atoms with van der Waals surface area (Å²) in [5.74, 6) is -1.11. The third-order valence-electron chi connectivity index (χ3n) is 3.57. The first-order chi connectivity index (χ1) is 10.3. The molecule has 7 heteroatoms. The van der Waals surface area contributed by atoms with E-state index >= 15 is 0 Å². The number of amides is 2. The number of carbonyl (C=O) groups excluding carboxylic acids is 2. The van der Waals surface area contributed by atoms with Crippen molar-refractivity contribution >= 4 is 11.8 Å². The number of alkyl halides is 3. The summed E-state index contributed by atoms with van der Waals surface area (Å²) in [7, 11) is 0. The maximum atomic E-state index is 12.2. The van der Waals surface area contributed by atoms with Gasteiger partial charge in [0.05, 0.1) is 0 Å². The van der Waals surface area contributed by atoms with Crippen molar-refractivity contribution in [1.82, 2.24) is 10.2 Å². The van der Waals surface area contributed by atoms with Gasteiger partial charge in [-0.2, -0.15) is 13.2 Å². The van der Waals surface area contributed by atoms with E-state index < -0.39 is 18.5 Å². The fourth-order valence-electron chi connectivity index (χ4n) is 2.41. The maximum Gasteiger partial charge on any atom is 0.397 e. The van der Waals surface area contributed by atoms with Gasteiger partial charge < -0.3 is 10.2 Å². The van der Waals surface area contributed by atoms with Crippen molar-refractivity contribution in [2.45, 2.75) is 31.5 Å². The second-order valence-electron chi connectivity index (χ2n) is 5.29. The predicted octanol–water partition coefficient (Wildman–Crippen LogP) is 2.36. The number of rotatable bonds is 3. The highest BCUT2D eigenvalue weighted by Gasteiger charge is 2.34. The molecule has 22 heavy (non-hydrogen) atoms. The molecule has 1 saturated heterocycles. The molecule has 1 aliphatic heterocycles. The van der Waals surface area contributed by atoms with Crippen molar-refractivity contribution in [3.05, 3.63) is 35.9 Å². The van der Waals surface area contributed by atoms with Crippen molar-refractivity contribution in [1.29, 1.82) is 0 Å². The smallest absolute Gasteiger partial charge is 0.349 e. The third-order valence-corrected chi connectivity index (χ3v) is 3.57. The summed E-state index contributed by atoms with van der Waals surface area (Å²) in [6, 6.07) is 8.58. The van der Waals surface area contributed by atoms with Gasteiger partial charge in [0.2, 0.25) is 5.91 Å². The monoisotopic (exact) mass is 314 g/mol. The molecule has 0 bridgehead atoms. The standard InChI is InChI=1S/C15H17F3N2O2/c16-15(17,18)10-13(21)20-8-6-12(7-9-20)19-14(22)11-4-2-1-3-5-11/h1-5,12H,6-10H2,(H,19,22). The third kappa shape index (κ3) is 4.75. The lowest BCUT2D eigenvalue weighted by atomic mass is 10.0. The Kier molecular flexibility index (Phi) is 5.05. The van der Waals surface area contributed by atoms with Crippen LogP contribution in [0.15, 0.2) is 30.3 Å². The van der Waals surface area contributed by atoms with Gasteiger partial charge in [-0.1, -0.05) is 18.2 Å². The van der Waals surface area contributed by atoms with E-state index in [0.717, 1.165) is 0 Å². The van der Waals surface area contributed by atoms with Crippen LogP contribution in [0.5, 0.6) is 0 Å². The van der Waals surface area contributed by atoms with Crippen LogP contribution in [0.4, 0.5) is 13.2 Å². The number of hydrogen-bond acceptors (Lipinski definition) is 2. The van der Waals surface area contributed by atoms with Crippen molar-refractivity contribution in [2.75, 3.05) is 13.1 Å². The fourth-order valence-corrected chi connectivity index (χ4v) is 2.41. The molecule has 1 aromatic rings. The van der Waals surface area contributed by atoms with Crippen LogP contribution in [-0.4, -0.2) is 42.0 Å². The first kappa shape index (κ1) is 16.3. The van der Waals surface area contributed by atoms with Crippen molar-refractivity contribution < 1.29 is 22.8 Å². The fraction of sp³-hybridized carbons (Fsp3) is 0.467. The Labute approximate surface area is 126 Å². The molecule has 1 aromatic carbocycles. The van der Waals surface area contributed by atoms with Crippen LogP contribution in [0.1, 0.15) is 29.6 Å². The van der Waals surface area contributed by atoms with Gasteiger partial charge in [-0.15, -0.1) is 0 Å². The molecule has 0 spiro atoms. The molecule has 1 fully saturated rings. The van der Waals surface area contributed by atoms with Gasteiger partial charge in [-0.3, -0.25) is 9.59 Å². The second kappa shape index (κ2) is 6.81. The average Bonchev–Trinajstić information content (AvgIpc) is 2.47.